The molecule has 2 aliphatic carbocycles. The van der Waals surface area contributed by atoms with E-state index in [1.54, 1.807) is 0 Å². The topological polar surface area (TPSA) is 28.9 Å². The van der Waals surface area contributed by atoms with Gasteiger partial charge in [0, 0.05) is 38.5 Å². The molecule has 0 amide bonds. The van der Waals surface area contributed by atoms with Gasteiger partial charge >= 0.3 is 0 Å². The molecule has 10 aromatic rings. The molecule has 2 atom stereocenters. The van der Waals surface area contributed by atoms with Crippen LogP contribution in [0.3, 0.4) is 0 Å². The fraction of sp³-hybridized carbons (Fsp3) is 0.167. The third-order valence-corrected chi connectivity index (χ3v) is 19.6. The number of ether oxygens (including phenoxy) is 1. The summed E-state index contributed by atoms with van der Waals surface area (Å²) in [6.07, 6.45) is 17.8. The van der Waals surface area contributed by atoms with Gasteiger partial charge in [-0.25, -0.2) is 20.1 Å². The minimum Gasteiger partial charge on any atom is -0.458 e. The maximum atomic E-state index is 6.99. The number of hydrogen-bond acceptors (Lipinski definition) is 4. The Hall–Kier alpha value is -6.60. The van der Waals surface area contributed by atoms with Gasteiger partial charge in [0.1, 0.15) is 17.1 Å². The molecule has 0 saturated heterocycles. The normalized spacial score (nSPS) is 18.2. The summed E-state index contributed by atoms with van der Waals surface area (Å²) in [5, 5.41) is 9.58. The Morgan fingerprint density at radius 1 is 0.561 bits per heavy atom. The van der Waals surface area contributed by atoms with Crippen molar-refractivity contribution >= 4 is 103 Å². The molecule has 3 aliphatic rings. The zero-order valence-electron chi connectivity index (χ0n) is 38.3. The van der Waals surface area contributed by atoms with Gasteiger partial charge in [0.15, 0.2) is 5.58 Å². The van der Waals surface area contributed by atoms with Crippen LogP contribution < -0.4 is 14.5 Å². The van der Waals surface area contributed by atoms with E-state index in [0.717, 1.165) is 79.8 Å². The lowest BCUT2D eigenvalue weighted by Gasteiger charge is -2.33. The summed E-state index contributed by atoms with van der Waals surface area (Å²) in [7, 11) is -1.83. The number of para-hydroxylation sites is 3. The van der Waals surface area contributed by atoms with E-state index >= 15 is 0 Å². The maximum absolute atomic E-state index is 6.99. The van der Waals surface area contributed by atoms with Crippen molar-refractivity contribution < 1.29 is 9.15 Å². The molecule has 326 valence electrons. The molecule has 0 bridgehead atoms. The van der Waals surface area contributed by atoms with E-state index in [0.29, 0.717) is 5.92 Å². The number of hydrogen-bond donors (Lipinski definition) is 0. The minimum absolute atomic E-state index is 0.121. The number of furan rings is 1. The Balaban J connectivity index is 1.05. The molecule has 13 rings (SSSR count). The van der Waals surface area contributed by atoms with Crippen molar-refractivity contribution in [3.63, 3.8) is 0 Å². The standard InChI is InChI=1S/C60H52N2O2S2/c1-7-66(5,6)44-30-26-42(27-31-44)62(53-36-23-40-37-60(40)49-15-9-11-18-55(49)64-59(53)60)51-35-22-39-19-32-47-50(34-21-38-20-33-48(51)57(39)56(38)47)61(41-24-28-43(29-25-41)65(2,3)4)52-16-12-14-46-45-13-8-10-17-54(45)63-58(46)52/h8-36,40H,7,37H2,1-6H3. The fourth-order valence-electron chi connectivity index (χ4n) is 11.1. The van der Waals surface area contributed by atoms with Gasteiger partial charge in [0.25, 0.3) is 0 Å². The zero-order valence-corrected chi connectivity index (χ0v) is 39.9. The molecular formula is C60H52N2O2S2. The zero-order chi connectivity index (χ0) is 44.7. The SMILES string of the molecule is CCS(C)(C)c1ccc(N(C2=C3Oc4ccccc4C34CC4C=C2)c2ccc3ccc4c(N(c5ccc(S(C)(C)C)cc5)c5cccc6c5oc5ccccc56)ccc5ccc2c3c54)cc1. The molecule has 6 heteroatoms. The highest BCUT2D eigenvalue weighted by molar-refractivity contribution is 8.32. The molecule has 1 fully saturated rings. The van der Waals surface area contributed by atoms with Gasteiger partial charge in [-0.2, -0.15) is 0 Å². The van der Waals surface area contributed by atoms with Crippen LogP contribution >= 0.6 is 20.1 Å². The van der Waals surface area contributed by atoms with Crippen LogP contribution in [0.4, 0.5) is 28.4 Å². The van der Waals surface area contributed by atoms with Crippen molar-refractivity contribution in [2.75, 3.05) is 46.8 Å². The Morgan fingerprint density at radius 2 is 1.17 bits per heavy atom. The third-order valence-electron chi connectivity index (χ3n) is 14.9. The number of allylic oxidation sites excluding steroid dienone is 3. The van der Waals surface area contributed by atoms with Crippen LogP contribution in [-0.2, 0) is 5.41 Å². The van der Waals surface area contributed by atoms with E-state index < -0.39 is 20.1 Å². The first-order chi connectivity index (χ1) is 32.0. The Kier molecular flexibility index (Phi) is 8.55. The molecule has 2 heterocycles. The summed E-state index contributed by atoms with van der Waals surface area (Å²) in [6, 6.07) is 60.9. The molecule has 1 aromatic heterocycles. The van der Waals surface area contributed by atoms with Gasteiger partial charge in [-0.1, -0.05) is 97.9 Å². The van der Waals surface area contributed by atoms with Crippen LogP contribution in [0.1, 0.15) is 18.9 Å². The highest BCUT2D eigenvalue weighted by atomic mass is 32.3. The number of rotatable bonds is 9. The van der Waals surface area contributed by atoms with Gasteiger partial charge in [-0.15, -0.1) is 0 Å². The van der Waals surface area contributed by atoms with E-state index in [2.05, 4.69) is 224 Å². The number of anilines is 5. The molecule has 1 spiro atoms. The largest absolute Gasteiger partial charge is 0.458 e. The average Bonchev–Trinajstić information content (AvgIpc) is 3.83. The summed E-state index contributed by atoms with van der Waals surface area (Å²) in [5.41, 5.74) is 9.56. The second-order valence-corrected chi connectivity index (χ2v) is 27.9. The molecule has 9 aromatic carbocycles. The van der Waals surface area contributed by atoms with Gasteiger partial charge in [0.2, 0.25) is 0 Å². The Bertz CT molecular complexity index is 3670. The molecule has 66 heavy (non-hydrogen) atoms. The molecule has 2 unspecified atom stereocenters. The number of fused-ring (bicyclic) bond motifs is 4. The first kappa shape index (κ1) is 39.7. The van der Waals surface area contributed by atoms with E-state index in [-0.39, 0.29) is 5.41 Å². The van der Waals surface area contributed by atoms with Crippen LogP contribution in [0, 0.1) is 5.92 Å². The van der Waals surface area contributed by atoms with Crippen LogP contribution in [0.5, 0.6) is 5.75 Å². The molecule has 0 N–H and O–H groups in total. The van der Waals surface area contributed by atoms with Crippen LogP contribution in [-0.4, -0.2) is 37.0 Å². The number of benzene rings is 9. The van der Waals surface area contributed by atoms with Crippen LogP contribution in [0.2, 0.25) is 0 Å². The van der Waals surface area contributed by atoms with Crippen molar-refractivity contribution in [1.29, 1.82) is 0 Å². The summed E-state index contributed by atoms with van der Waals surface area (Å²) in [6.45, 7) is 2.31. The lowest BCUT2D eigenvalue weighted by atomic mass is 9.88. The molecule has 0 radical (unpaired) electrons. The summed E-state index contributed by atoms with van der Waals surface area (Å²) in [5.74, 6) is 3.65. The Morgan fingerprint density at radius 3 is 1.86 bits per heavy atom. The highest BCUT2D eigenvalue weighted by Crippen LogP contribution is 2.68. The van der Waals surface area contributed by atoms with E-state index in [9.17, 15) is 0 Å². The minimum atomic E-state index is -0.921. The number of nitrogens with zero attached hydrogens (tertiary/aromatic N) is 2. The first-order valence-electron chi connectivity index (χ1n) is 23.0. The van der Waals surface area contributed by atoms with Crippen molar-refractivity contribution in [3.05, 3.63) is 193 Å². The summed E-state index contributed by atoms with van der Waals surface area (Å²) in [4.78, 5) is 7.72. The quantitative estimate of drug-likeness (QED) is 0.135. The fourth-order valence-corrected chi connectivity index (χ4v) is 13.3. The predicted molar refractivity (Wildman–Crippen MR) is 286 cm³/mol. The van der Waals surface area contributed by atoms with Crippen LogP contribution in [0.15, 0.2) is 202 Å². The van der Waals surface area contributed by atoms with Gasteiger partial charge in [-0.05, 0) is 166 Å². The predicted octanol–water partition coefficient (Wildman–Crippen LogP) is 16.7. The summed E-state index contributed by atoms with van der Waals surface area (Å²) < 4.78 is 13.8. The Labute approximate surface area is 389 Å². The van der Waals surface area contributed by atoms with Gasteiger partial charge in [0.05, 0.1) is 28.2 Å². The van der Waals surface area contributed by atoms with Gasteiger partial charge in [-0.3, -0.25) is 0 Å². The first-order valence-corrected chi connectivity index (χ1v) is 28.5. The van der Waals surface area contributed by atoms with Crippen molar-refractivity contribution in [2.24, 2.45) is 5.92 Å². The maximum Gasteiger partial charge on any atom is 0.159 e. The second kappa shape index (κ2) is 14.2. The lowest BCUT2D eigenvalue weighted by molar-refractivity contribution is 0.409. The molecule has 1 aliphatic heterocycles. The van der Waals surface area contributed by atoms with Gasteiger partial charge < -0.3 is 19.0 Å². The monoisotopic (exact) mass is 896 g/mol. The molecule has 4 nitrogen and oxygen atoms in total. The molecular weight excluding hydrogens is 845 g/mol. The highest BCUT2D eigenvalue weighted by Gasteiger charge is 2.64. The molecule has 1 saturated carbocycles. The second-order valence-electron chi connectivity index (χ2n) is 19.6. The third kappa shape index (κ3) is 5.74. The van der Waals surface area contributed by atoms with E-state index in [1.165, 1.54) is 47.7 Å². The van der Waals surface area contributed by atoms with Crippen molar-refractivity contribution in [1.82, 2.24) is 0 Å². The summed E-state index contributed by atoms with van der Waals surface area (Å²) >= 11 is 0. The van der Waals surface area contributed by atoms with E-state index in [4.69, 9.17) is 9.15 Å². The van der Waals surface area contributed by atoms with Crippen molar-refractivity contribution in [3.8, 4) is 5.75 Å². The lowest BCUT2D eigenvalue weighted by Crippen LogP contribution is -2.24. The van der Waals surface area contributed by atoms with Crippen molar-refractivity contribution in [2.45, 2.75) is 28.6 Å². The average molecular weight is 897 g/mol. The van der Waals surface area contributed by atoms with Crippen LogP contribution in [0.25, 0.3) is 54.3 Å². The van der Waals surface area contributed by atoms with E-state index in [1.807, 2.05) is 0 Å². The smallest absolute Gasteiger partial charge is 0.159 e.